The van der Waals surface area contributed by atoms with Crippen molar-refractivity contribution < 1.29 is 4.79 Å². The molecule has 0 fully saturated rings. The highest BCUT2D eigenvalue weighted by Crippen LogP contribution is 2.12. The zero-order chi connectivity index (χ0) is 14.3. The van der Waals surface area contributed by atoms with Crippen LogP contribution in [-0.2, 0) is 0 Å². The lowest BCUT2D eigenvalue weighted by Gasteiger charge is -2.18. The van der Waals surface area contributed by atoms with Gasteiger partial charge in [-0.25, -0.2) is 4.98 Å². The molecule has 1 N–H and O–H groups in total. The molecule has 0 aliphatic heterocycles. The smallest absolute Gasteiger partial charge is 0.251 e. The zero-order valence-electron chi connectivity index (χ0n) is 12.0. The molecule has 1 heterocycles. The predicted octanol–water partition coefficient (Wildman–Crippen LogP) is 4.13. The first kappa shape index (κ1) is 16.0. The van der Waals surface area contributed by atoms with Crippen LogP contribution in [0.2, 0.25) is 5.15 Å². The van der Waals surface area contributed by atoms with Crippen molar-refractivity contribution >= 4 is 17.5 Å². The summed E-state index contributed by atoms with van der Waals surface area (Å²) in [4.78, 5) is 16.3. The van der Waals surface area contributed by atoms with Gasteiger partial charge in [0.15, 0.2) is 0 Å². The fourth-order valence-corrected chi connectivity index (χ4v) is 2.37. The molecule has 0 saturated carbocycles. The van der Waals surface area contributed by atoms with Gasteiger partial charge in [-0.1, -0.05) is 44.7 Å². The molecule has 1 amide bonds. The number of pyridine rings is 1. The Hall–Kier alpha value is -1.09. The van der Waals surface area contributed by atoms with Gasteiger partial charge in [0.25, 0.3) is 5.91 Å². The SMILES string of the molecule is CCCCC(CCC)NC(=O)c1cc(C)nc(Cl)c1. The van der Waals surface area contributed by atoms with E-state index in [-0.39, 0.29) is 11.9 Å². The molecule has 1 aromatic rings. The Morgan fingerprint density at radius 2 is 2.05 bits per heavy atom. The standard InChI is InChI=1S/C15H23ClN2O/c1-4-6-8-13(7-5-2)18-15(19)12-9-11(3)17-14(16)10-12/h9-10,13H,4-8H2,1-3H3,(H,18,19). The van der Waals surface area contributed by atoms with Crippen molar-refractivity contribution in [1.82, 2.24) is 10.3 Å². The molecule has 0 spiro atoms. The fourth-order valence-electron chi connectivity index (χ4n) is 2.12. The number of unbranched alkanes of at least 4 members (excludes halogenated alkanes) is 1. The van der Waals surface area contributed by atoms with Gasteiger partial charge in [-0.15, -0.1) is 0 Å². The number of carbonyl (C=O) groups is 1. The lowest BCUT2D eigenvalue weighted by Crippen LogP contribution is -2.34. The number of nitrogens with one attached hydrogen (secondary N) is 1. The molecule has 4 heteroatoms. The van der Waals surface area contributed by atoms with Gasteiger partial charge in [0, 0.05) is 17.3 Å². The summed E-state index contributed by atoms with van der Waals surface area (Å²) < 4.78 is 0. The Kier molecular flexibility index (Phi) is 6.85. The minimum absolute atomic E-state index is 0.0537. The third-order valence-corrected chi connectivity index (χ3v) is 3.26. The Bertz CT molecular complexity index is 400. The molecule has 0 aliphatic carbocycles. The van der Waals surface area contributed by atoms with Crippen LogP contribution in [-0.4, -0.2) is 16.9 Å². The number of amides is 1. The van der Waals surface area contributed by atoms with E-state index >= 15 is 0 Å². The second-order valence-electron chi connectivity index (χ2n) is 4.92. The van der Waals surface area contributed by atoms with Crippen molar-refractivity contribution in [1.29, 1.82) is 0 Å². The Balaban J connectivity index is 2.69. The van der Waals surface area contributed by atoms with Gasteiger partial charge in [-0.05, 0) is 31.9 Å². The molecule has 1 unspecified atom stereocenters. The summed E-state index contributed by atoms with van der Waals surface area (Å²) in [5, 5.41) is 3.46. The van der Waals surface area contributed by atoms with E-state index in [1.165, 1.54) is 0 Å². The van der Waals surface area contributed by atoms with Gasteiger partial charge in [0.2, 0.25) is 0 Å². The minimum Gasteiger partial charge on any atom is -0.349 e. The van der Waals surface area contributed by atoms with Gasteiger partial charge in [-0.2, -0.15) is 0 Å². The van der Waals surface area contributed by atoms with Crippen molar-refractivity contribution in [2.45, 2.75) is 58.9 Å². The van der Waals surface area contributed by atoms with Crippen molar-refractivity contribution in [2.75, 3.05) is 0 Å². The van der Waals surface area contributed by atoms with E-state index in [1.54, 1.807) is 12.1 Å². The second kappa shape index (κ2) is 8.16. The average Bonchev–Trinajstić information content (AvgIpc) is 2.35. The summed E-state index contributed by atoms with van der Waals surface area (Å²) in [7, 11) is 0. The van der Waals surface area contributed by atoms with Crippen LogP contribution in [0.3, 0.4) is 0 Å². The predicted molar refractivity (Wildman–Crippen MR) is 79.7 cm³/mol. The number of halogens is 1. The van der Waals surface area contributed by atoms with Crippen LogP contribution in [0.15, 0.2) is 12.1 Å². The normalized spacial score (nSPS) is 12.2. The van der Waals surface area contributed by atoms with E-state index in [1.807, 2.05) is 6.92 Å². The van der Waals surface area contributed by atoms with Crippen molar-refractivity contribution in [3.8, 4) is 0 Å². The molecular weight excluding hydrogens is 260 g/mol. The van der Waals surface area contributed by atoms with Crippen LogP contribution >= 0.6 is 11.6 Å². The number of hydrogen-bond acceptors (Lipinski definition) is 2. The lowest BCUT2D eigenvalue weighted by atomic mass is 10.0. The monoisotopic (exact) mass is 282 g/mol. The van der Waals surface area contributed by atoms with Crippen LogP contribution in [0.4, 0.5) is 0 Å². The van der Waals surface area contributed by atoms with E-state index in [9.17, 15) is 4.79 Å². The van der Waals surface area contributed by atoms with Crippen LogP contribution in [0.5, 0.6) is 0 Å². The molecule has 106 valence electrons. The Labute approximate surface area is 120 Å². The molecule has 3 nitrogen and oxygen atoms in total. The molecule has 1 aromatic heterocycles. The van der Waals surface area contributed by atoms with Gasteiger partial charge in [0.1, 0.15) is 5.15 Å². The molecule has 0 radical (unpaired) electrons. The maximum atomic E-state index is 12.2. The highest BCUT2D eigenvalue weighted by atomic mass is 35.5. The molecule has 0 bridgehead atoms. The Morgan fingerprint density at radius 3 is 2.63 bits per heavy atom. The molecular formula is C15H23ClN2O. The number of carbonyl (C=O) groups excluding carboxylic acids is 1. The molecule has 0 aliphatic rings. The first-order chi connectivity index (χ1) is 9.06. The highest BCUT2D eigenvalue weighted by Gasteiger charge is 2.13. The van der Waals surface area contributed by atoms with Crippen LogP contribution in [0.25, 0.3) is 0 Å². The third kappa shape index (κ3) is 5.60. The average molecular weight is 283 g/mol. The summed E-state index contributed by atoms with van der Waals surface area (Å²) in [6.45, 7) is 6.14. The summed E-state index contributed by atoms with van der Waals surface area (Å²) in [6, 6.07) is 3.64. The topological polar surface area (TPSA) is 42.0 Å². The molecule has 0 saturated heterocycles. The fraction of sp³-hybridized carbons (Fsp3) is 0.600. The van der Waals surface area contributed by atoms with E-state index in [4.69, 9.17) is 11.6 Å². The van der Waals surface area contributed by atoms with Crippen LogP contribution in [0.1, 0.15) is 62.0 Å². The number of nitrogens with zero attached hydrogens (tertiary/aromatic N) is 1. The molecule has 1 rings (SSSR count). The quantitative estimate of drug-likeness (QED) is 0.764. The number of aromatic nitrogens is 1. The van der Waals surface area contributed by atoms with Gasteiger partial charge in [0.05, 0.1) is 0 Å². The van der Waals surface area contributed by atoms with E-state index in [2.05, 4.69) is 24.1 Å². The summed E-state index contributed by atoms with van der Waals surface area (Å²) in [5.74, 6) is -0.0537. The summed E-state index contributed by atoms with van der Waals surface area (Å²) in [6.07, 6.45) is 5.42. The van der Waals surface area contributed by atoms with Crippen molar-refractivity contribution in [3.05, 3.63) is 28.5 Å². The van der Waals surface area contributed by atoms with Gasteiger partial charge >= 0.3 is 0 Å². The molecule has 19 heavy (non-hydrogen) atoms. The van der Waals surface area contributed by atoms with Crippen LogP contribution < -0.4 is 5.32 Å². The number of aryl methyl sites for hydroxylation is 1. The maximum absolute atomic E-state index is 12.2. The number of rotatable bonds is 7. The highest BCUT2D eigenvalue weighted by molar-refractivity contribution is 6.29. The minimum atomic E-state index is -0.0537. The second-order valence-corrected chi connectivity index (χ2v) is 5.31. The maximum Gasteiger partial charge on any atom is 0.251 e. The molecule has 0 aromatic carbocycles. The third-order valence-electron chi connectivity index (χ3n) is 3.06. The summed E-state index contributed by atoms with van der Waals surface area (Å²) >= 11 is 5.88. The lowest BCUT2D eigenvalue weighted by molar-refractivity contribution is 0.0932. The van der Waals surface area contributed by atoms with Gasteiger partial charge < -0.3 is 5.32 Å². The zero-order valence-corrected chi connectivity index (χ0v) is 12.8. The first-order valence-electron chi connectivity index (χ1n) is 7.01. The largest absolute Gasteiger partial charge is 0.349 e. The van der Waals surface area contributed by atoms with E-state index in [0.29, 0.717) is 10.7 Å². The van der Waals surface area contributed by atoms with Gasteiger partial charge in [-0.3, -0.25) is 4.79 Å². The van der Waals surface area contributed by atoms with Crippen molar-refractivity contribution in [2.24, 2.45) is 0 Å². The van der Waals surface area contributed by atoms with Crippen molar-refractivity contribution in [3.63, 3.8) is 0 Å². The van der Waals surface area contributed by atoms with E-state index in [0.717, 1.165) is 37.8 Å². The Morgan fingerprint density at radius 1 is 1.32 bits per heavy atom. The first-order valence-corrected chi connectivity index (χ1v) is 7.39. The van der Waals surface area contributed by atoms with E-state index < -0.39 is 0 Å². The van der Waals surface area contributed by atoms with Crippen LogP contribution in [0, 0.1) is 6.92 Å². The summed E-state index contributed by atoms with van der Waals surface area (Å²) in [5.41, 5.74) is 1.35. The molecule has 1 atom stereocenters. The number of hydrogen-bond donors (Lipinski definition) is 1.